The van der Waals surface area contributed by atoms with Gasteiger partial charge in [-0.3, -0.25) is 14.4 Å². The first kappa shape index (κ1) is 24.9. The molecule has 4 unspecified atom stereocenters. The zero-order valence-corrected chi connectivity index (χ0v) is 20.1. The quantitative estimate of drug-likeness (QED) is 0.493. The Balaban J connectivity index is 2.39. The number of esters is 2. The van der Waals surface area contributed by atoms with Crippen molar-refractivity contribution in [1.29, 1.82) is 0 Å². The maximum Gasteiger partial charge on any atom is 0.303 e. The topological polar surface area (TPSA) is 119 Å². The van der Waals surface area contributed by atoms with Crippen LogP contribution in [-0.2, 0) is 28.6 Å². The van der Waals surface area contributed by atoms with Crippen LogP contribution < -0.4 is 0 Å². The van der Waals surface area contributed by atoms with E-state index in [1.54, 1.807) is 13.8 Å². The minimum atomic E-state index is -2.22. The molecule has 32 heavy (non-hydrogen) atoms. The van der Waals surface area contributed by atoms with E-state index >= 15 is 0 Å². The third-order valence-electron chi connectivity index (χ3n) is 8.30. The minimum Gasteiger partial charge on any atom is -0.458 e. The number of carbonyl (C=O) groups is 3. The lowest BCUT2D eigenvalue weighted by molar-refractivity contribution is -0.370. The molecule has 0 aromatic carbocycles. The molecule has 2 aliphatic carbocycles. The number of ether oxygens (including phenoxy) is 3. The molecule has 0 spiro atoms. The van der Waals surface area contributed by atoms with E-state index in [0.29, 0.717) is 12.8 Å². The highest BCUT2D eigenvalue weighted by atomic mass is 16.6. The van der Waals surface area contributed by atoms with E-state index in [1.165, 1.54) is 26.8 Å². The van der Waals surface area contributed by atoms with Crippen LogP contribution in [0.1, 0.15) is 67.7 Å². The molecule has 2 saturated carbocycles. The summed E-state index contributed by atoms with van der Waals surface area (Å²) in [5.41, 5.74) is -7.21. The highest BCUT2D eigenvalue weighted by Gasteiger charge is 2.82. The molecule has 0 bridgehead atoms. The summed E-state index contributed by atoms with van der Waals surface area (Å²) in [5.74, 6) is -2.51. The summed E-state index contributed by atoms with van der Waals surface area (Å²) >= 11 is 0. The molecule has 0 radical (unpaired) electrons. The molecule has 3 rings (SSSR count). The van der Waals surface area contributed by atoms with Crippen LogP contribution in [0.25, 0.3) is 0 Å². The van der Waals surface area contributed by atoms with Gasteiger partial charge in [0.05, 0.1) is 11.7 Å². The van der Waals surface area contributed by atoms with Crippen molar-refractivity contribution in [3.63, 3.8) is 0 Å². The fourth-order valence-electron chi connectivity index (χ4n) is 6.93. The number of carbonyl (C=O) groups excluding carboxylic acids is 3. The van der Waals surface area contributed by atoms with Crippen LogP contribution in [0.5, 0.6) is 0 Å². The Morgan fingerprint density at radius 3 is 2.19 bits per heavy atom. The molecule has 8 heteroatoms. The predicted octanol–water partition coefficient (Wildman–Crippen LogP) is 2.09. The maximum absolute atomic E-state index is 13.8. The summed E-state index contributed by atoms with van der Waals surface area (Å²) in [7, 11) is 0. The summed E-state index contributed by atoms with van der Waals surface area (Å²) in [6.07, 6.45) is -1.22. The highest BCUT2D eigenvalue weighted by Crippen LogP contribution is 2.67. The Morgan fingerprint density at radius 1 is 1.12 bits per heavy atom. The zero-order chi connectivity index (χ0) is 24.5. The molecule has 3 aliphatic rings. The minimum absolute atomic E-state index is 0.164. The van der Waals surface area contributed by atoms with Gasteiger partial charge < -0.3 is 24.4 Å². The van der Waals surface area contributed by atoms with Gasteiger partial charge in [0.1, 0.15) is 11.7 Å². The van der Waals surface area contributed by atoms with Crippen molar-refractivity contribution < 1.29 is 38.8 Å². The first-order valence-electron chi connectivity index (χ1n) is 11.1. The van der Waals surface area contributed by atoms with E-state index in [4.69, 9.17) is 14.2 Å². The summed E-state index contributed by atoms with van der Waals surface area (Å²) in [5, 5.41) is 23.6. The van der Waals surface area contributed by atoms with E-state index in [1.807, 2.05) is 13.8 Å². The maximum atomic E-state index is 13.8. The van der Waals surface area contributed by atoms with Crippen molar-refractivity contribution >= 4 is 17.7 Å². The van der Waals surface area contributed by atoms with Gasteiger partial charge in [0, 0.05) is 31.6 Å². The molecule has 8 atom stereocenters. The standard InChI is InChI=1S/C24H36O8/c1-9-21(6)12-16(28)24(29)22(7)15(27)10-11-20(4,5)18(22)17(30-13(2)25)19(31-14(3)26)23(24,8)32-21/h9,15,17-19,27,29H,1,10-12H2,2-8H3/t15?,17?,18?,19?,21-,22-,23+,24-/m0/s1. The second-order valence-electron chi connectivity index (χ2n) is 10.9. The number of Topliss-reactive ketones (excluding diaryl/α,β-unsaturated/α-hetero) is 1. The van der Waals surface area contributed by atoms with Gasteiger partial charge in [-0.05, 0) is 32.1 Å². The fraction of sp³-hybridized carbons (Fsp3) is 0.792. The van der Waals surface area contributed by atoms with Crippen LogP contribution in [0.15, 0.2) is 12.7 Å². The number of aliphatic hydroxyl groups excluding tert-OH is 1. The number of hydrogen-bond acceptors (Lipinski definition) is 8. The number of ketones is 1. The molecule has 1 heterocycles. The molecule has 1 saturated heterocycles. The van der Waals surface area contributed by atoms with Crippen LogP contribution in [0.4, 0.5) is 0 Å². The molecule has 180 valence electrons. The Hall–Kier alpha value is -1.77. The molecule has 0 aromatic heterocycles. The number of aliphatic hydroxyl groups is 2. The Kier molecular flexibility index (Phi) is 5.72. The fourth-order valence-corrected chi connectivity index (χ4v) is 6.93. The van der Waals surface area contributed by atoms with Gasteiger partial charge in [-0.15, -0.1) is 6.58 Å². The number of rotatable bonds is 3. The van der Waals surface area contributed by atoms with E-state index in [0.717, 1.165) is 0 Å². The van der Waals surface area contributed by atoms with Crippen molar-refractivity contribution in [3.8, 4) is 0 Å². The molecule has 1 aliphatic heterocycles. The normalized spacial score (nSPS) is 47.6. The zero-order valence-electron chi connectivity index (χ0n) is 20.1. The van der Waals surface area contributed by atoms with Crippen LogP contribution in [0.2, 0.25) is 0 Å². The summed E-state index contributed by atoms with van der Waals surface area (Å²) < 4.78 is 17.8. The lowest BCUT2D eigenvalue weighted by Crippen LogP contribution is -2.87. The Bertz CT molecular complexity index is 851. The molecule has 2 N–H and O–H groups in total. The molecule has 3 fully saturated rings. The van der Waals surface area contributed by atoms with Crippen LogP contribution in [-0.4, -0.2) is 63.0 Å². The number of fused-ring (bicyclic) bond motifs is 3. The summed E-state index contributed by atoms with van der Waals surface area (Å²) in [6, 6.07) is 0. The third-order valence-corrected chi connectivity index (χ3v) is 8.30. The Morgan fingerprint density at radius 2 is 1.69 bits per heavy atom. The second kappa shape index (κ2) is 7.37. The SMILES string of the molecule is C=C[C@@]1(C)CC(=O)[C@]2(O)[C@@]3(C)C(O)CCC(C)(C)C3C(OC(C)=O)C(OC(C)=O)[C@@]2(C)O1. The van der Waals surface area contributed by atoms with Crippen molar-refractivity contribution in [2.24, 2.45) is 16.7 Å². The van der Waals surface area contributed by atoms with Gasteiger partial charge in [-0.25, -0.2) is 0 Å². The van der Waals surface area contributed by atoms with Crippen molar-refractivity contribution in [3.05, 3.63) is 12.7 Å². The van der Waals surface area contributed by atoms with Gasteiger partial charge >= 0.3 is 11.9 Å². The van der Waals surface area contributed by atoms with Gasteiger partial charge in [0.25, 0.3) is 0 Å². The highest BCUT2D eigenvalue weighted by molar-refractivity contribution is 5.92. The Labute approximate surface area is 189 Å². The first-order chi connectivity index (χ1) is 14.5. The second-order valence-corrected chi connectivity index (χ2v) is 10.9. The van der Waals surface area contributed by atoms with Gasteiger partial charge in [-0.2, -0.15) is 0 Å². The third kappa shape index (κ3) is 3.10. The van der Waals surface area contributed by atoms with Crippen LogP contribution in [0.3, 0.4) is 0 Å². The summed E-state index contributed by atoms with van der Waals surface area (Å²) in [6.45, 7) is 14.9. The summed E-state index contributed by atoms with van der Waals surface area (Å²) in [4.78, 5) is 38.2. The number of hydrogen-bond donors (Lipinski definition) is 2. The van der Waals surface area contributed by atoms with Gasteiger partial charge in [0.2, 0.25) is 0 Å². The molecule has 0 amide bonds. The van der Waals surface area contributed by atoms with Crippen LogP contribution >= 0.6 is 0 Å². The van der Waals surface area contributed by atoms with Crippen molar-refractivity contribution in [2.45, 2.75) is 103 Å². The lowest BCUT2D eigenvalue weighted by Gasteiger charge is -2.71. The largest absolute Gasteiger partial charge is 0.458 e. The predicted molar refractivity (Wildman–Crippen MR) is 114 cm³/mol. The average molecular weight is 453 g/mol. The first-order valence-corrected chi connectivity index (χ1v) is 11.1. The van der Waals surface area contributed by atoms with E-state index in [9.17, 15) is 24.6 Å². The molecular formula is C24H36O8. The molecule has 0 aromatic rings. The van der Waals surface area contributed by atoms with E-state index in [2.05, 4.69) is 6.58 Å². The smallest absolute Gasteiger partial charge is 0.303 e. The van der Waals surface area contributed by atoms with Gasteiger partial charge in [0.15, 0.2) is 17.5 Å². The monoisotopic (exact) mass is 452 g/mol. The average Bonchev–Trinajstić information content (AvgIpc) is 2.65. The van der Waals surface area contributed by atoms with Crippen molar-refractivity contribution in [2.75, 3.05) is 0 Å². The molecule has 8 nitrogen and oxygen atoms in total. The van der Waals surface area contributed by atoms with Crippen molar-refractivity contribution in [1.82, 2.24) is 0 Å². The van der Waals surface area contributed by atoms with E-state index in [-0.39, 0.29) is 6.42 Å². The lowest BCUT2D eigenvalue weighted by atomic mass is 9.39. The van der Waals surface area contributed by atoms with Gasteiger partial charge in [-0.1, -0.05) is 26.8 Å². The molecular weight excluding hydrogens is 416 g/mol. The van der Waals surface area contributed by atoms with Crippen LogP contribution in [0, 0.1) is 16.7 Å². The van der Waals surface area contributed by atoms with E-state index < -0.39 is 69.6 Å².